The van der Waals surface area contributed by atoms with E-state index in [-0.39, 0.29) is 30.4 Å². The summed E-state index contributed by atoms with van der Waals surface area (Å²) >= 11 is 0. The van der Waals surface area contributed by atoms with Gasteiger partial charge in [0.25, 0.3) is 5.91 Å². The minimum atomic E-state index is -0.676. The van der Waals surface area contributed by atoms with Gasteiger partial charge in [0, 0.05) is 14.1 Å². The van der Waals surface area contributed by atoms with Gasteiger partial charge in [-0.15, -0.1) is 12.4 Å². The number of halogens is 2. The van der Waals surface area contributed by atoms with Crippen LogP contribution in [0.4, 0.5) is 4.39 Å². The summed E-state index contributed by atoms with van der Waals surface area (Å²) in [6.07, 6.45) is 0.771. The number of rotatable bonds is 7. The Labute approximate surface area is 163 Å². The van der Waals surface area contributed by atoms with E-state index in [1.165, 1.54) is 32.3 Å². The lowest BCUT2D eigenvalue weighted by atomic mass is 10.1. The molecule has 2 aromatic rings. The van der Waals surface area contributed by atoms with Crippen molar-refractivity contribution in [3.8, 4) is 11.5 Å². The van der Waals surface area contributed by atoms with Crippen LogP contribution in [0.5, 0.6) is 11.5 Å². The van der Waals surface area contributed by atoms with Crippen LogP contribution in [0.25, 0.3) is 0 Å². The van der Waals surface area contributed by atoms with Gasteiger partial charge in [0.15, 0.2) is 0 Å². The van der Waals surface area contributed by atoms with Crippen LogP contribution in [0.2, 0.25) is 0 Å². The summed E-state index contributed by atoms with van der Waals surface area (Å²) in [5, 5.41) is 2.42. The van der Waals surface area contributed by atoms with Crippen LogP contribution in [-0.2, 0) is 11.2 Å². The number of nitrogens with two attached hydrogens (primary N) is 1. The second-order valence-electron chi connectivity index (χ2n) is 5.76. The van der Waals surface area contributed by atoms with E-state index in [0.717, 1.165) is 16.9 Å². The summed E-state index contributed by atoms with van der Waals surface area (Å²) in [6, 6.07) is 11.3. The lowest BCUT2D eigenvalue weighted by Crippen LogP contribution is -2.37. The molecule has 0 aromatic heterocycles. The zero-order valence-electron chi connectivity index (χ0n) is 15.2. The minimum absolute atomic E-state index is 0. The van der Waals surface area contributed by atoms with Gasteiger partial charge in [-0.3, -0.25) is 9.59 Å². The third-order valence-corrected chi connectivity index (χ3v) is 3.77. The van der Waals surface area contributed by atoms with E-state index in [2.05, 4.69) is 5.32 Å². The molecule has 8 heteroatoms. The summed E-state index contributed by atoms with van der Waals surface area (Å²) in [5.41, 5.74) is 6.45. The number of likely N-dealkylation sites (N-methyl/N-ethyl adjacent to an activating group) is 2. The van der Waals surface area contributed by atoms with Gasteiger partial charge in [-0.2, -0.15) is 0 Å². The van der Waals surface area contributed by atoms with E-state index in [1.54, 1.807) is 12.1 Å². The van der Waals surface area contributed by atoms with Gasteiger partial charge in [-0.25, -0.2) is 4.39 Å². The molecule has 3 N–H and O–H groups in total. The molecule has 0 spiro atoms. The SMILES string of the molecule is CNC(=O)CN(C)C(=O)c1cc(Oc2ccc(CCN)cc2)ccc1F.Cl. The lowest BCUT2D eigenvalue weighted by molar-refractivity contribution is -0.121. The molecule has 0 aliphatic carbocycles. The number of benzene rings is 2. The monoisotopic (exact) mass is 395 g/mol. The zero-order valence-corrected chi connectivity index (χ0v) is 16.0. The number of ether oxygens (including phenoxy) is 1. The van der Waals surface area contributed by atoms with Gasteiger partial charge in [0.05, 0.1) is 12.1 Å². The van der Waals surface area contributed by atoms with Crippen LogP contribution in [-0.4, -0.2) is 43.9 Å². The van der Waals surface area contributed by atoms with E-state index >= 15 is 0 Å². The van der Waals surface area contributed by atoms with Crippen LogP contribution in [0, 0.1) is 5.82 Å². The number of carbonyl (C=O) groups is 2. The van der Waals surface area contributed by atoms with Crippen LogP contribution >= 0.6 is 12.4 Å². The molecule has 0 fully saturated rings. The summed E-state index contributed by atoms with van der Waals surface area (Å²) in [5.74, 6) is -0.727. The predicted molar refractivity (Wildman–Crippen MR) is 104 cm³/mol. The van der Waals surface area contributed by atoms with E-state index in [4.69, 9.17) is 10.5 Å². The predicted octanol–water partition coefficient (Wildman–Crippen LogP) is 2.36. The van der Waals surface area contributed by atoms with E-state index < -0.39 is 11.7 Å². The largest absolute Gasteiger partial charge is 0.457 e. The Balaban J connectivity index is 0.00000364. The van der Waals surface area contributed by atoms with Gasteiger partial charge in [-0.1, -0.05) is 12.1 Å². The number of hydrogen-bond donors (Lipinski definition) is 2. The molecule has 6 nitrogen and oxygen atoms in total. The van der Waals surface area contributed by atoms with Gasteiger partial charge in [0.2, 0.25) is 5.91 Å². The molecule has 2 rings (SSSR count). The van der Waals surface area contributed by atoms with E-state index in [0.29, 0.717) is 18.0 Å². The maximum atomic E-state index is 14.1. The van der Waals surface area contributed by atoms with Crippen molar-refractivity contribution in [2.75, 3.05) is 27.2 Å². The second kappa shape index (κ2) is 10.5. The third kappa shape index (κ3) is 6.23. The Morgan fingerprint density at radius 3 is 2.37 bits per heavy atom. The van der Waals surface area contributed by atoms with Crippen molar-refractivity contribution >= 4 is 24.2 Å². The molecular formula is C19H23ClFN3O3. The van der Waals surface area contributed by atoms with Crippen LogP contribution in [0.1, 0.15) is 15.9 Å². The molecule has 0 radical (unpaired) electrons. The fourth-order valence-corrected chi connectivity index (χ4v) is 2.33. The quantitative estimate of drug-likeness (QED) is 0.753. The Bertz CT molecular complexity index is 784. The third-order valence-electron chi connectivity index (χ3n) is 3.77. The molecule has 0 aliphatic rings. The molecule has 0 bridgehead atoms. The first-order chi connectivity index (χ1) is 12.4. The zero-order chi connectivity index (χ0) is 19.1. The highest BCUT2D eigenvalue weighted by Gasteiger charge is 2.19. The number of hydrogen-bond acceptors (Lipinski definition) is 4. The highest BCUT2D eigenvalue weighted by atomic mass is 35.5. The summed E-state index contributed by atoms with van der Waals surface area (Å²) < 4.78 is 19.8. The molecule has 0 heterocycles. The van der Waals surface area contributed by atoms with E-state index in [1.807, 2.05) is 12.1 Å². The first kappa shape index (κ1) is 22.4. The first-order valence-corrected chi connectivity index (χ1v) is 8.17. The molecule has 0 saturated carbocycles. The second-order valence-corrected chi connectivity index (χ2v) is 5.76. The molecule has 0 saturated heterocycles. The molecule has 0 atom stereocenters. The molecule has 2 amide bonds. The maximum Gasteiger partial charge on any atom is 0.257 e. The number of carbonyl (C=O) groups excluding carboxylic acids is 2. The van der Waals surface area contributed by atoms with Crippen LogP contribution in [0.3, 0.4) is 0 Å². The van der Waals surface area contributed by atoms with Crippen molar-refractivity contribution in [3.63, 3.8) is 0 Å². The molecular weight excluding hydrogens is 373 g/mol. The smallest absolute Gasteiger partial charge is 0.257 e. The van der Waals surface area contributed by atoms with Crippen molar-refractivity contribution < 1.29 is 18.7 Å². The number of nitrogens with zero attached hydrogens (tertiary/aromatic N) is 1. The molecule has 0 unspecified atom stereocenters. The molecule has 0 aliphatic heterocycles. The van der Waals surface area contributed by atoms with Crippen molar-refractivity contribution in [1.82, 2.24) is 10.2 Å². The van der Waals surface area contributed by atoms with Gasteiger partial charge in [-0.05, 0) is 48.9 Å². The van der Waals surface area contributed by atoms with Crippen LogP contribution in [0.15, 0.2) is 42.5 Å². The van der Waals surface area contributed by atoms with Gasteiger partial charge in [0.1, 0.15) is 17.3 Å². The summed E-state index contributed by atoms with van der Waals surface area (Å²) in [4.78, 5) is 24.9. The number of amides is 2. The van der Waals surface area contributed by atoms with Crippen molar-refractivity contribution in [3.05, 3.63) is 59.4 Å². The van der Waals surface area contributed by atoms with Gasteiger partial charge >= 0.3 is 0 Å². The first-order valence-electron chi connectivity index (χ1n) is 8.17. The molecule has 27 heavy (non-hydrogen) atoms. The topological polar surface area (TPSA) is 84.7 Å². The standard InChI is InChI=1S/C19H22FN3O3.ClH/c1-22-18(24)12-23(2)19(25)16-11-15(7-8-17(16)20)26-14-5-3-13(4-6-14)9-10-21;/h3-8,11H,9-10,12,21H2,1-2H3,(H,22,24);1H. The minimum Gasteiger partial charge on any atom is -0.457 e. The average Bonchev–Trinajstić information content (AvgIpc) is 2.64. The average molecular weight is 396 g/mol. The fourth-order valence-electron chi connectivity index (χ4n) is 2.33. The van der Waals surface area contributed by atoms with E-state index in [9.17, 15) is 14.0 Å². The van der Waals surface area contributed by atoms with Crippen molar-refractivity contribution in [2.24, 2.45) is 5.73 Å². The Hall–Kier alpha value is -2.64. The Kier molecular flexibility index (Phi) is 8.71. The van der Waals surface area contributed by atoms with Crippen molar-refractivity contribution in [2.45, 2.75) is 6.42 Å². The summed E-state index contributed by atoms with van der Waals surface area (Å²) in [6.45, 7) is 0.398. The van der Waals surface area contributed by atoms with Gasteiger partial charge < -0.3 is 20.7 Å². The molecule has 2 aromatic carbocycles. The lowest BCUT2D eigenvalue weighted by Gasteiger charge is -2.17. The Morgan fingerprint density at radius 2 is 1.78 bits per heavy atom. The van der Waals surface area contributed by atoms with Crippen molar-refractivity contribution in [1.29, 1.82) is 0 Å². The van der Waals surface area contributed by atoms with Crippen LogP contribution < -0.4 is 15.8 Å². The number of nitrogens with one attached hydrogen (secondary N) is 1. The Morgan fingerprint density at radius 1 is 1.15 bits per heavy atom. The highest BCUT2D eigenvalue weighted by molar-refractivity contribution is 5.96. The normalized spacial score (nSPS) is 9.93. The maximum absolute atomic E-state index is 14.1. The molecule has 146 valence electrons. The summed E-state index contributed by atoms with van der Waals surface area (Å²) in [7, 11) is 2.90. The highest BCUT2D eigenvalue weighted by Crippen LogP contribution is 2.24. The fraction of sp³-hybridized carbons (Fsp3) is 0.263.